The largest absolute Gasteiger partial charge is 0.379 e. The van der Waals surface area contributed by atoms with E-state index in [0.717, 1.165) is 12.1 Å². The molecule has 252 valence electrons. The van der Waals surface area contributed by atoms with Crippen molar-refractivity contribution >= 4 is 23.4 Å². The molecule has 2 fully saturated rings. The summed E-state index contributed by atoms with van der Waals surface area (Å²) >= 11 is 0. The molecule has 0 saturated carbocycles. The van der Waals surface area contributed by atoms with Gasteiger partial charge < -0.3 is 24.6 Å². The summed E-state index contributed by atoms with van der Waals surface area (Å²) in [6.07, 6.45) is 1.06. The number of carbonyl (C=O) groups is 4. The molecule has 2 aromatic rings. The van der Waals surface area contributed by atoms with E-state index in [0.29, 0.717) is 51.4 Å². The average molecular weight is 639 g/mol. The zero-order valence-electron chi connectivity index (χ0n) is 28.0. The number of morpholine rings is 1. The van der Waals surface area contributed by atoms with Gasteiger partial charge >= 0.3 is 0 Å². The molecule has 1 aromatic carbocycles. The van der Waals surface area contributed by atoms with Gasteiger partial charge in [-0.05, 0) is 50.5 Å². The summed E-state index contributed by atoms with van der Waals surface area (Å²) in [4.78, 5) is 56.4. The molecule has 2 N–H and O–H groups in total. The highest BCUT2D eigenvalue weighted by molar-refractivity contribution is 5.99. The maximum Gasteiger partial charge on any atom is 0.274 e. The van der Waals surface area contributed by atoms with Crippen molar-refractivity contribution in [2.24, 2.45) is 17.8 Å². The minimum atomic E-state index is -0.883. The molecule has 11 heteroatoms. The molecule has 0 unspecified atom stereocenters. The standard InChI is InChI=1S/C35H50N4O7/c1-22(2)14-28(36-34(43)30-18-27(46-38-30)19-39-12-13-44-20-24(39)5)31(40)17-26(16-25-10-8-7-9-11-25)33(42)37-29(15-23(3)4)32(41)35(6)21-45-35/h7-11,18,22-24,26,28-29H,12-17,19-21H2,1-6H3,(H,36,43)(H,37,42)/t24-,26+,28-,29-,35+/m0/s1. The van der Waals surface area contributed by atoms with Crippen LogP contribution in [0.5, 0.6) is 0 Å². The zero-order valence-corrected chi connectivity index (χ0v) is 28.0. The van der Waals surface area contributed by atoms with Crippen molar-refractivity contribution in [3.05, 3.63) is 53.4 Å². The molecule has 1 aromatic heterocycles. The number of carbonyl (C=O) groups excluding carboxylic acids is 4. The lowest BCUT2D eigenvalue weighted by molar-refractivity contribution is -0.134. The van der Waals surface area contributed by atoms with E-state index in [9.17, 15) is 19.2 Å². The molecular formula is C35H50N4O7. The summed E-state index contributed by atoms with van der Waals surface area (Å²) < 4.78 is 16.4. The second-order valence-corrected chi connectivity index (χ2v) is 13.9. The smallest absolute Gasteiger partial charge is 0.274 e. The van der Waals surface area contributed by atoms with Crippen LogP contribution in [0.1, 0.15) is 82.6 Å². The van der Waals surface area contributed by atoms with E-state index in [1.54, 1.807) is 13.0 Å². The molecule has 5 atom stereocenters. The van der Waals surface area contributed by atoms with E-state index in [2.05, 4.69) is 27.6 Å². The number of amides is 2. The number of hydrogen-bond acceptors (Lipinski definition) is 9. The Morgan fingerprint density at radius 1 is 1.02 bits per heavy atom. The topological polar surface area (TPSA) is 143 Å². The molecule has 2 aliphatic rings. The van der Waals surface area contributed by atoms with Gasteiger partial charge in [0.1, 0.15) is 5.60 Å². The van der Waals surface area contributed by atoms with Crippen LogP contribution in [0.2, 0.25) is 0 Å². The number of aromatic nitrogens is 1. The molecule has 0 spiro atoms. The Balaban J connectivity index is 1.47. The first-order chi connectivity index (χ1) is 21.8. The molecular weight excluding hydrogens is 588 g/mol. The van der Waals surface area contributed by atoms with E-state index in [1.165, 1.54) is 0 Å². The van der Waals surface area contributed by atoms with E-state index in [4.69, 9.17) is 14.0 Å². The Morgan fingerprint density at radius 2 is 1.70 bits per heavy atom. The van der Waals surface area contributed by atoms with Crippen molar-refractivity contribution in [1.82, 2.24) is 20.7 Å². The van der Waals surface area contributed by atoms with E-state index >= 15 is 0 Å². The number of epoxide rings is 1. The van der Waals surface area contributed by atoms with Crippen LogP contribution in [0, 0.1) is 17.8 Å². The average Bonchev–Trinajstić information content (AvgIpc) is 3.58. The van der Waals surface area contributed by atoms with Crippen LogP contribution in [-0.2, 0) is 36.8 Å². The quantitative estimate of drug-likeness (QED) is 0.248. The molecule has 0 aliphatic carbocycles. The van der Waals surface area contributed by atoms with Crippen LogP contribution in [0.25, 0.3) is 0 Å². The lowest BCUT2D eigenvalue weighted by atomic mass is 9.88. The first kappa shape index (κ1) is 35.4. The van der Waals surface area contributed by atoms with Crippen LogP contribution >= 0.6 is 0 Å². The van der Waals surface area contributed by atoms with Crippen molar-refractivity contribution < 1.29 is 33.2 Å². The minimum absolute atomic E-state index is 0.0960. The summed E-state index contributed by atoms with van der Waals surface area (Å²) in [7, 11) is 0. The second kappa shape index (κ2) is 15.9. The molecule has 46 heavy (non-hydrogen) atoms. The Hall–Kier alpha value is -3.41. The normalized spacial score (nSPS) is 21.9. The predicted octanol–water partition coefficient (Wildman–Crippen LogP) is 3.75. The number of ether oxygens (including phenoxy) is 2. The molecule has 2 aliphatic heterocycles. The monoisotopic (exact) mass is 638 g/mol. The lowest BCUT2D eigenvalue weighted by Gasteiger charge is -2.32. The van der Waals surface area contributed by atoms with E-state index in [-0.39, 0.29) is 47.5 Å². The molecule has 11 nitrogen and oxygen atoms in total. The number of hydrogen-bond donors (Lipinski definition) is 2. The third-order valence-corrected chi connectivity index (χ3v) is 8.64. The van der Waals surface area contributed by atoms with Crippen LogP contribution in [0.3, 0.4) is 0 Å². The van der Waals surface area contributed by atoms with Gasteiger partial charge in [-0.2, -0.15) is 0 Å². The van der Waals surface area contributed by atoms with Crippen LogP contribution in [-0.4, -0.2) is 83.5 Å². The highest BCUT2D eigenvalue weighted by Crippen LogP contribution is 2.30. The van der Waals surface area contributed by atoms with Crippen molar-refractivity contribution in [2.45, 2.75) is 97.5 Å². The van der Waals surface area contributed by atoms with Gasteiger partial charge in [-0.1, -0.05) is 63.2 Å². The van der Waals surface area contributed by atoms with Crippen LogP contribution in [0.15, 0.2) is 40.9 Å². The van der Waals surface area contributed by atoms with E-state index < -0.39 is 29.5 Å². The summed E-state index contributed by atoms with van der Waals surface area (Å²) in [6, 6.07) is 9.76. The minimum Gasteiger partial charge on any atom is -0.379 e. The van der Waals surface area contributed by atoms with Gasteiger partial charge in [-0.15, -0.1) is 0 Å². The van der Waals surface area contributed by atoms with Gasteiger partial charge in [-0.3, -0.25) is 24.1 Å². The fourth-order valence-electron chi connectivity index (χ4n) is 5.82. The Morgan fingerprint density at radius 3 is 2.33 bits per heavy atom. The molecule has 2 saturated heterocycles. The molecule has 0 bridgehead atoms. The summed E-state index contributed by atoms with van der Waals surface area (Å²) in [5.74, 6) is -1.22. The lowest BCUT2D eigenvalue weighted by Crippen LogP contribution is -2.50. The molecule has 3 heterocycles. The number of nitrogens with one attached hydrogen (secondary N) is 2. The first-order valence-corrected chi connectivity index (χ1v) is 16.5. The molecule has 2 amide bonds. The Labute approximate surface area is 272 Å². The highest BCUT2D eigenvalue weighted by Gasteiger charge is 2.50. The summed E-state index contributed by atoms with van der Waals surface area (Å²) in [5, 5.41) is 9.81. The highest BCUT2D eigenvalue weighted by atomic mass is 16.6. The molecule has 0 radical (unpaired) electrons. The van der Waals surface area contributed by atoms with Crippen molar-refractivity contribution in [1.29, 1.82) is 0 Å². The SMILES string of the molecule is CC(C)C[C@H](NC(=O)c1cc(CN2CCOC[C@@H]2C)on1)C(=O)C[C@@H](Cc1ccccc1)C(=O)N[C@@H](CC(C)C)C(=O)[C@@]1(C)CO1. The number of ketones is 2. The fraction of sp³-hybridized carbons (Fsp3) is 0.629. The fourth-order valence-corrected chi connectivity index (χ4v) is 5.82. The van der Waals surface area contributed by atoms with Crippen LogP contribution < -0.4 is 10.6 Å². The van der Waals surface area contributed by atoms with Crippen LogP contribution in [0.4, 0.5) is 0 Å². The van der Waals surface area contributed by atoms with E-state index in [1.807, 2.05) is 58.0 Å². The first-order valence-electron chi connectivity index (χ1n) is 16.5. The Kier molecular flexibility index (Phi) is 12.3. The maximum absolute atomic E-state index is 13.9. The predicted molar refractivity (Wildman–Crippen MR) is 172 cm³/mol. The number of benzene rings is 1. The third-order valence-electron chi connectivity index (χ3n) is 8.64. The summed E-state index contributed by atoms with van der Waals surface area (Å²) in [5.41, 5.74) is 0.113. The molecule has 4 rings (SSSR count). The van der Waals surface area contributed by atoms with Gasteiger partial charge in [0, 0.05) is 31.0 Å². The van der Waals surface area contributed by atoms with Gasteiger partial charge in [0.05, 0.1) is 38.4 Å². The zero-order chi connectivity index (χ0) is 33.4. The Bertz CT molecular complexity index is 1340. The van der Waals surface area contributed by atoms with Crippen molar-refractivity contribution in [3.8, 4) is 0 Å². The third kappa shape index (κ3) is 10.0. The number of rotatable bonds is 17. The van der Waals surface area contributed by atoms with Crippen molar-refractivity contribution in [3.63, 3.8) is 0 Å². The van der Waals surface area contributed by atoms with Gasteiger partial charge in [0.25, 0.3) is 5.91 Å². The second-order valence-electron chi connectivity index (χ2n) is 13.9. The van der Waals surface area contributed by atoms with Gasteiger partial charge in [-0.25, -0.2) is 0 Å². The number of nitrogens with zero attached hydrogens (tertiary/aromatic N) is 2. The van der Waals surface area contributed by atoms with Crippen molar-refractivity contribution in [2.75, 3.05) is 26.4 Å². The summed E-state index contributed by atoms with van der Waals surface area (Å²) in [6.45, 7) is 14.6. The maximum atomic E-state index is 13.9. The van der Waals surface area contributed by atoms with Gasteiger partial charge in [0.15, 0.2) is 23.0 Å². The van der Waals surface area contributed by atoms with Gasteiger partial charge in [0.2, 0.25) is 5.91 Å². The number of Topliss-reactive ketones (excluding diaryl/α,β-unsaturated/α-hetero) is 2.